The molecule has 1 aromatic carbocycles. The second-order valence-corrected chi connectivity index (χ2v) is 4.79. The lowest BCUT2D eigenvalue weighted by molar-refractivity contribution is 0.0457. The molecule has 1 unspecified atom stereocenters. The van der Waals surface area contributed by atoms with Crippen molar-refractivity contribution in [1.29, 1.82) is 5.26 Å². The topological polar surface area (TPSA) is 76.3 Å². The van der Waals surface area contributed by atoms with Gasteiger partial charge in [-0.2, -0.15) is 5.26 Å². The average Bonchev–Trinajstić information content (AvgIpc) is 2.45. The SMILES string of the molecule is CCC(O)(CC)CNc1cccc(C(O)CC#N)c1. The molecule has 0 spiro atoms. The first-order chi connectivity index (χ1) is 9.04. The van der Waals surface area contributed by atoms with Crippen LogP contribution in [0.1, 0.15) is 44.8 Å². The minimum absolute atomic E-state index is 0.0807. The highest BCUT2D eigenvalue weighted by Crippen LogP contribution is 2.21. The molecule has 0 bridgehead atoms. The van der Waals surface area contributed by atoms with E-state index < -0.39 is 11.7 Å². The van der Waals surface area contributed by atoms with Crippen LogP contribution in [0.15, 0.2) is 24.3 Å². The van der Waals surface area contributed by atoms with E-state index in [4.69, 9.17) is 5.26 Å². The molecule has 0 aliphatic heterocycles. The van der Waals surface area contributed by atoms with Crippen LogP contribution in [0.25, 0.3) is 0 Å². The maximum absolute atomic E-state index is 10.2. The average molecular weight is 262 g/mol. The maximum atomic E-state index is 10.2. The Morgan fingerprint density at radius 2 is 2.05 bits per heavy atom. The van der Waals surface area contributed by atoms with Crippen LogP contribution in [0.3, 0.4) is 0 Å². The van der Waals surface area contributed by atoms with Gasteiger partial charge < -0.3 is 15.5 Å². The standard InChI is InChI=1S/C15H22N2O2/c1-3-15(19,4-2)11-17-13-7-5-6-12(10-13)14(18)8-9-16/h5-7,10,14,17-19H,3-4,8,11H2,1-2H3. The highest BCUT2D eigenvalue weighted by molar-refractivity contribution is 5.46. The number of nitriles is 1. The van der Waals surface area contributed by atoms with Crippen molar-refractivity contribution in [2.75, 3.05) is 11.9 Å². The zero-order valence-corrected chi connectivity index (χ0v) is 11.6. The predicted octanol–water partition coefficient (Wildman–Crippen LogP) is 2.60. The Morgan fingerprint density at radius 3 is 2.63 bits per heavy atom. The number of nitrogens with zero attached hydrogens (tertiary/aromatic N) is 1. The van der Waals surface area contributed by atoms with Gasteiger partial charge in [0.15, 0.2) is 0 Å². The van der Waals surface area contributed by atoms with Crippen molar-refractivity contribution in [3.8, 4) is 6.07 Å². The molecule has 104 valence electrons. The minimum atomic E-state index is -0.761. The number of anilines is 1. The van der Waals surface area contributed by atoms with E-state index in [0.29, 0.717) is 24.9 Å². The van der Waals surface area contributed by atoms with E-state index in [9.17, 15) is 10.2 Å². The van der Waals surface area contributed by atoms with Crippen molar-refractivity contribution in [2.24, 2.45) is 0 Å². The van der Waals surface area contributed by atoms with Crippen molar-refractivity contribution in [3.63, 3.8) is 0 Å². The van der Waals surface area contributed by atoms with Crippen LogP contribution < -0.4 is 5.32 Å². The molecule has 0 aromatic heterocycles. The Labute approximate surface area is 114 Å². The molecule has 1 aromatic rings. The van der Waals surface area contributed by atoms with Crippen LogP contribution in [0.2, 0.25) is 0 Å². The Bertz CT molecular complexity index is 436. The Kier molecular flexibility index (Phi) is 5.81. The van der Waals surface area contributed by atoms with Gasteiger partial charge in [-0.05, 0) is 30.5 Å². The molecule has 4 heteroatoms. The smallest absolute Gasteiger partial charge is 0.0920 e. The quantitative estimate of drug-likeness (QED) is 0.706. The fourth-order valence-electron chi connectivity index (χ4n) is 1.83. The molecule has 1 rings (SSSR count). The molecule has 0 saturated carbocycles. The van der Waals surface area contributed by atoms with Gasteiger partial charge in [0.05, 0.1) is 24.2 Å². The highest BCUT2D eigenvalue weighted by Gasteiger charge is 2.21. The predicted molar refractivity (Wildman–Crippen MR) is 75.7 cm³/mol. The molecule has 0 heterocycles. The minimum Gasteiger partial charge on any atom is -0.388 e. The maximum Gasteiger partial charge on any atom is 0.0920 e. The summed E-state index contributed by atoms with van der Waals surface area (Å²) in [7, 11) is 0. The lowest BCUT2D eigenvalue weighted by Gasteiger charge is -2.26. The number of hydrogen-bond donors (Lipinski definition) is 3. The fraction of sp³-hybridized carbons (Fsp3) is 0.533. The number of benzene rings is 1. The molecular weight excluding hydrogens is 240 g/mol. The molecular formula is C15H22N2O2. The third-order valence-corrected chi connectivity index (χ3v) is 3.49. The van der Waals surface area contributed by atoms with Crippen LogP contribution in [-0.2, 0) is 0 Å². The Balaban J connectivity index is 2.70. The molecule has 3 N–H and O–H groups in total. The monoisotopic (exact) mass is 262 g/mol. The van der Waals surface area contributed by atoms with E-state index in [1.165, 1.54) is 0 Å². The zero-order valence-electron chi connectivity index (χ0n) is 11.6. The van der Waals surface area contributed by atoms with Crippen molar-refractivity contribution in [1.82, 2.24) is 0 Å². The van der Waals surface area contributed by atoms with Crippen molar-refractivity contribution >= 4 is 5.69 Å². The molecule has 0 fully saturated rings. The molecule has 0 aliphatic carbocycles. The summed E-state index contributed by atoms with van der Waals surface area (Å²) in [5, 5.41) is 31.7. The fourth-order valence-corrected chi connectivity index (χ4v) is 1.83. The number of nitrogens with one attached hydrogen (secondary N) is 1. The van der Waals surface area contributed by atoms with Crippen molar-refractivity contribution < 1.29 is 10.2 Å². The summed E-state index contributed by atoms with van der Waals surface area (Å²) in [6.45, 7) is 4.38. The lowest BCUT2D eigenvalue weighted by atomic mass is 9.97. The van der Waals surface area contributed by atoms with E-state index in [1.54, 1.807) is 6.07 Å². The molecule has 19 heavy (non-hydrogen) atoms. The third kappa shape index (κ3) is 4.55. The van der Waals surface area contributed by atoms with Gasteiger partial charge >= 0.3 is 0 Å². The van der Waals surface area contributed by atoms with Gasteiger partial charge in [0.1, 0.15) is 0 Å². The lowest BCUT2D eigenvalue weighted by Crippen LogP contribution is -2.35. The van der Waals surface area contributed by atoms with Gasteiger partial charge in [0, 0.05) is 12.2 Å². The van der Waals surface area contributed by atoms with Crippen LogP contribution >= 0.6 is 0 Å². The molecule has 0 amide bonds. The van der Waals surface area contributed by atoms with Gasteiger partial charge in [-0.25, -0.2) is 0 Å². The first-order valence-corrected chi connectivity index (χ1v) is 6.66. The van der Waals surface area contributed by atoms with Gasteiger partial charge in [-0.3, -0.25) is 0 Å². The van der Waals surface area contributed by atoms with Crippen LogP contribution in [-0.4, -0.2) is 22.4 Å². The van der Waals surface area contributed by atoms with Crippen LogP contribution in [0.5, 0.6) is 0 Å². The second-order valence-electron chi connectivity index (χ2n) is 4.79. The van der Waals surface area contributed by atoms with E-state index >= 15 is 0 Å². The summed E-state index contributed by atoms with van der Waals surface area (Å²) >= 11 is 0. The van der Waals surface area contributed by atoms with Gasteiger partial charge in [0.2, 0.25) is 0 Å². The first kappa shape index (κ1) is 15.5. The van der Waals surface area contributed by atoms with Gasteiger partial charge in [-0.1, -0.05) is 26.0 Å². The Morgan fingerprint density at radius 1 is 1.37 bits per heavy atom. The Hall–Kier alpha value is -1.57. The second kappa shape index (κ2) is 7.13. The summed E-state index contributed by atoms with van der Waals surface area (Å²) in [6, 6.07) is 9.27. The molecule has 0 saturated heterocycles. The number of rotatable bonds is 7. The van der Waals surface area contributed by atoms with E-state index in [1.807, 2.05) is 38.1 Å². The van der Waals surface area contributed by atoms with Crippen molar-refractivity contribution in [3.05, 3.63) is 29.8 Å². The van der Waals surface area contributed by atoms with E-state index in [2.05, 4.69) is 5.32 Å². The largest absolute Gasteiger partial charge is 0.388 e. The molecule has 1 atom stereocenters. The van der Waals surface area contributed by atoms with E-state index in [-0.39, 0.29) is 6.42 Å². The molecule has 0 aliphatic rings. The first-order valence-electron chi connectivity index (χ1n) is 6.66. The number of aliphatic hydroxyl groups excluding tert-OH is 1. The summed E-state index contributed by atoms with van der Waals surface area (Å²) < 4.78 is 0. The zero-order chi connectivity index (χ0) is 14.3. The van der Waals surface area contributed by atoms with Crippen LogP contribution in [0, 0.1) is 11.3 Å². The molecule has 4 nitrogen and oxygen atoms in total. The highest BCUT2D eigenvalue weighted by atomic mass is 16.3. The summed E-state index contributed by atoms with van der Waals surface area (Å²) in [4.78, 5) is 0. The van der Waals surface area contributed by atoms with E-state index in [0.717, 1.165) is 5.69 Å². The van der Waals surface area contributed by atoms with Gasteiger partial charge in [-0.15, -0.1) is 0 Å². The summed E-state index contributed by atoms with van der Waals surface area (Å²) in [6.07, 6.45) is 0.695. The third-order valence-electron chi connectivity index (χ3n) is 3.49. The normalized spacial score (nSPS) is 12.8. The number of hydrogen-bond acceptors (Lipinski definition) is 4. The van der Waals surface area contributed by atoms with Crippen molar-refractivity contribution in [2.45, 2.75) is 44.8 Å². The van der Waals surface area contributed by atoms with Crippen LogP contribution in [0.4, 0.5) is 5.69 Å². The molecule has 0 radical (unpaired) electrons. The summed E-state index contributed by atoms with van der Waals surface area (Å²) in [5.74, 6) is 0. The van der Waals surface area contributed by atoms with Gasteiger partial charge in [0.25, 0.3) is 0 Å². The number of aliphatic hydroxyl groups is 2. The summed E-state index contributed by atoms with van der Waals surface area (Å²) in [5.41, 5.74) is 0.847.